The molecule has 0 aliphatic heterocycles. The predicted molar refractivity (Wildman–Crippen MR) is 130 cm³/mol. The molecule has 0 aromatic heterocycles. The average Bonchev–Trinajstić information content (AvgIpc) is 2.85. The molecule has 204 valence electrons. The van der Waals surface area contributed by atoms with E-state index in [0.29, 0.717) is 31.5 Å². The molecule has 1 saturated carbocycles. The highest BCUT2D eigenvalue weighted by Crippen LogP contribution is 2.53. The highest BCUT2D eigenvalue weighted by atomic mass is 19.4. The third kappa shape index (κ3) is 6.06. The summed E-state index contributed by atoms with van der Waals surface area (Å²) >= 11 is 0. The Morgan fingerprint density at radius 1 is 0.842 bits per heavy atom. The van der Waals surface area contributed by atoms with Gasteiger partial charge in [0.2, 0.25) is 0 Å². The van der Waals surface area contributed by atoms with E-state index in [2.05, 4.69) is 0 Å². The van der Waals surface area contributed by atoms with E-state index in [0.717, 1.165) is 11.1 Å². The Balaban J connectivity index is 1.55. The Labute approximate surface area is 217 Å². The summed E-state index contributed by atoms with van der Waals surface area (Å²) in [5.74, 6) is 0. The third-order valence-corrected chi connectivity index (χ3v) is 7.31. The first-order valence-electron chi connectivity index (χ1n) is 12.2. The molecule has 0 heterocycles. The van der Waals surface area contributed by atoms with Gasteiger partial charge in [0.25, 0.3) is 0 Å². The molecule has 3 nitrogen and oxygen atoms in total. The van der Waals surface area contributed by atoms with E-state index in [4.69, 9.17) is 4.74 Å². The fraction of sp³-hybridized carbons (Fsp3) is 0.379. The van der Waals surface area contributed by atoms with Crippen molar-refractivity contribution in [2.24, 2.45) is 0 Å². The first kappa shape index (κ1) is 28.1. The largest absolute Gasteiger partial charge is 0.416 e. The molecule has 0 bridgehead atoms. The predicted octanol–water partition coefficient (Wildman–Crippen LogP) is 8.18. The van der Waals surface area contributed by atoms with Crippen LogP contribution in [-0.2, 0) is 29.0 Å². The molecule has 1 unspecified atom stereocenters. The van der Waals surface area contributed by atoms with Gasteiger partial charge in [0.05, 0.1) is 23.8 Å². The maximum absolute atomic E-state index is 13.3. The molecule has 4 rings (SSSR count). The monoisotopic (exact) mass is 537 g/mol. The van der Waals surface area contributed by atoms with Crippen LogP contribution in [0.3, 0.4) is 0 Å². The lowest BCUT2D eigenvalue weighted by atomic mass is 9.55. The van der Waals surface area contributed by atoms with E-state index in [1.165, 1.54) is 12.0 Å². The Kier molecular flexibility index (Phi) is 7.67. The van der Waals surface area contributed by atoms with Gasteiger partial charge in [0.1, 0.15) is 0 Å². The molecule has 1 aliphatic carbocycles. The Morgan fingerprint density at radius 2 is 1.34 bits per heavy atom. The van der Waals surface area contributed by atoms with Crippen molar-refractivity contribution in [1.82, 2.24) is 5.06 Å². The molecule has 1 N–H and O–H groups in total. The van der Waals surface area contributed by atoms with Crippen LogP contribution < -0.4 is 0 Å². The van der Waals surface area contributed by atoms with Crippen molar-refractivity contribution in [3.05, 3.63) is 107 Å². The van der Waals surface area contributed by atoms with Gasteiger partial charge in [-0.05, 0) is 61.6 Å². The molecule has 0 amide bonds. The summed E-state index contributed by atoms with van der Waals surface area (Å²) in [5, 5.41) is 12.2. The zero-order chi connectivity index (χ0) is 27.8. The van der Waals surface area contributed by atoms with Crippen LogP contribution in [0.25, 0.3) is 0 Å². The minimum atomic E-state index is -4.93. The number of hydroxylamine groups is 2. The highest BCUT2D eigenvalue weighted by Gasteiger charge is 2.56. The van der Waals surface area contributed by atoms with Crippen LogP contribution in [0.2, 0.25) is 0 Å². The first-order valence-corrected chi connectivity index (χ1v) is 12.2. The normalized spacial score (nSPS) is 22.8. The zero-order valence-electron chi connectivity index (χ0n) is 21.0. The molecular formula is C29H29F6NO2. The van der Waals surface area contributed by atoms with Crippen molar-refractivity contribution in [2.45, 2.75) is 62.6 Å². The molecule has 1 aliphatic rings. The lowest BCUT2D eigenvalue weighted by Crippen LogP contribution is -2.62. The summed E-state index contributed by atoms with van der Waals surface area (Å²) in [5.41, 5.74) is -2.26. The summed E-state index contributed by atoms with van der Waals surface area (Å²) in [6, 6.07) is 20.4. The molecule has 3 aromatic carbocycles. The van der Waals surface area contributed by atoms with Crippen LogP contribution in [0.4, 0.5) is 26.3 Å². The smallest absolute Gasteiger partial charge is 0.373 e. The average molecular weight is 538 g/mol. The van der Waals surface area contributed by atoms with Crippen LogP contribution in [0.5, 0.6) is 0 Å². The molecule has 1 fully saturated rings. The van der Waals surface area contributed by atoms with Crippen molar-refractivity contribution >= 4 is 0 Å². The fourth-order valence-electron chi connectivity index (χ4n) is 5.31. The molecule has 9 heteroatoms. The molecule has 0 saturated heterocycles. The minimum absolute atomic E-state index is 0.0601. The maximum Gasteiger partial charge on any atom is 0.416 e. The van der Waals surface area contributed by atoms with Crippen molar-refractivity contribution in [2.75, 3.05) is 6.61 Å². The van der Waals surface area contributed by atoms with Gasteiger partial charge in [0.15, 0.2) is 0 Å². The summed E-state index contributed by atoms with van der Waals surface area (Å²) < 4.78 is 86.0. The Bertz CT molecular complexity index is 1190. The van der Waals surface area contributed by atoms with Gasteiger partial charge >= 0.3 is 12.4 Å². The van der Waals surface area contributed by atoms with Crippen LogP contribution in [0.1, 0.15) is 60.6 Å². The summed E-state index contributed by atoms with van der Waals surface area (Å²) in [7, 11) is 0. The van der Waals surface area contributed by atoms with E-state index in [1.807, 2.05) is 67.6 Å². The van der Waals surface area contributed by atoms with Crippen molar-refractivity contribution < 1.29 is 36.3 Å². The van der Waals surface area contributed by atoms with Crippen molar-refractivity contribution in [1.29, 1.82) is 0 Å². The van der Waals surface area contributed by atoms with E-state index >= 15 is 0 Å². The minimum Gasteiger partial charge on any atom is -0.373 e. The van der Waals surface area contributed by atoms with E-state index in [1.54, 1.807) is 0 Å². The second-order valence-corrected chi connectivity index (χ2v) is 10.3. The second-order valence-electron chi connectivity index (χ2n) is 10.3. The van der Waals surface area contributed by atoms with Gasteiger partial charge in [0, 0.05) is 17.5 Å². The summed E-state index contributed by atoms with van der Waals surface area (Å²) in [6.45, 7) is 3.73. The van der Waals surface area contributed by atoms with Crippen LogP contribution in [0.15, 0.2) is 78.9 Å². The maximum atomic E-state index is 13.3. The molecule has 0 radical (unpaired) electrons. The van der Waals surface area contributed by atoms with E-state index < -0.39 is 40.5 Å². The van der Waals surface area contributed by atoms with Gasteiger partial charge < -0.3 is 9.94 Å². The summed E-state index contributed by atoms with van der Waals surface area (Å²) in [6.07, 6.45) is -9.92. The molecular weight excluding hydrogens is 508 g/mol. The van der Waals surface area contributed by atoms with Crippen LogP contribution in [0, 0.1) is 0 Å². The van der Waals surface area contributed by atoms with Crippen LogP contribution >= 0.6 is 0 Å². The SMILES string of the molecule is CC(OCC1(c2ccccc2)CC(C)(N(O)Cc2ccccc2)C1)c1cc(C(F)(F)F)cc(C(F)(F)F)c1. The number of hydrogen-bond donors (Lipinski definition) is 1. The molecule has 38 heavy (non-hydrogen) atoms. The lowest BCUT2D eigenvalue weighted by Gasteiger charge is -2.57. The van der Waals surface area contributed by atoms with E-state index in [9.17, 15) is 31.5 Å². The van der Waals surface area contributed by atoms with E-state index in [-0.39, 0.29) is 18.2 Å². The summed E-state index contributed by atoms with van der Waals surface area (Å²) in [4.78, 5) is 0. The van der Waals surface area contributed by atoms with Crippen molar-refractivity contribution in [3.63, 3.8) is 0 Å². The highest BCUT2D eigenvalue weighted by molar-refractivity contribution is 5.35. The van der Waals surface area contributed by atoms with Gasteiger partial charge in [-0.1, -0.05) is 60.7 Å². The standard InChI is InChI=1S/C29H29F6NO2/c1-20(22-13-24(28(30,31)32)15-25(14-22)29(33,34)35)38-19-27(23-11-7-4-8-12-23)17-26(2,18-27)36(37)16-21-9-5-3-6-10-21/h3-15,20,37H,16-19H2,1-2H3. The van der Waals surface area contributed by atoms with Gasteiger partial charge in [-0.3, -0.25) is 0 Å². The fourth-order valence-corrected chi connectivity index (χ4v) is 5.31. The van der Waals surface area contributed by atoms with Gasteiger partial charge in [-0.15, -0.1) is 0 Å². The number of hydrogen-bond acceptors (Lipinski definition) is 3. The molecule has 0 spiro atoms. The number of alkyl halides is 6. The molecule has 1 atom stereocenters. The lowest BCUT2D eigenvalue weighted by molar-refractivity contribution is -0.227. The van der Waals surface area contributed by atoms with Gasteiger partial charge in [-0.2, -0.15) is 31.4 Å². The zero-order valence-corrected chi connectivity index (χ0v) is 21.0. The number of halogens is 6. The third-order valence-electron chi connectivity index (χ3n) is 7.31. The first-order chi connectivity index (χ1) is 17.7. The van der Waals surface area contributed by atoms with Crippen LogP contribution in [-0.4, -0.2) is 22.4 Å². The number of rotatable bonds is 8. The number of benzene rings is 3. The Hall–Kier alpha value is -2.88. The van der Waals surface area contributed by atoms with Gasteiger partial charge in [-0.25, -0.2) is 0 Å². The number of nitrogens with zero attached hydrogens (tertiary/aromatic N) is 1. The number of ether oxygens (including phenoxy) is 1. The van der Waals surface area contributed by atoms with Crippen molar-refractivity contribution in [3.8, 4) is 0 Å². The quantitative estimate of drug-likeness (QED) is 0.232. The molecule has 3 aromatic rings. The second kappa shape index (κ2) is 10.4. The Morgan fingerprint density at radius 3 is 1.84 bits per heavy atom. The topological polar surface area (TPSA) is 32.7 Å².